The zero-order valence-electron chi connectivity index (χ0n) is 11.1. The third kappa shape index (κ3) is 3.33. The van der Waals surface area contributed by atoms with Gasteiger partial charge in [-0.1, -0.05) is 37.1 Å². The summed E-state index contributed by atoms with van der Waals surface area (Å²) in [5, 5.41) is 7.23. The molecule has 1 atom stereocenters. The minimum Gasteiger partial charge on any atom is -0.315 e. The molecule has 1 heterocycles. The zero-order chi connectivity index (χ0) is 12.2. The highest BCUT2D eigenvalue weighted by Crippen LogP contribution is 2.33. The fourth-order valence-corrected chi connectivity index (χ4v) is 2.86. The Bertz CT molecular complexity index is 384. The molecule has 0 spiro atoms. The summed E-state index contributed by atoms with van der Waals surface area (Å²) in [6.45, 7) is 3.33. The summed E-state index contributed by atoms with van der Waals surface area (Å²) in [4.78, 5) is 0. The minimum atomic E-state index is 0.612. The van der Waals surface area contributed by atoms with Gasteiger partial charge in [0.2, 0.25) is 0 Å². The van der Waals surface area contributed by atoms with Gasteiger partial charge in [-0.3, -0.25) is 0 Å². The second-order valence-electron chi connectivity index (χ2n) is 5.84. The lowest BCUT2D eigenvalue weighted by molar-refractivity contribution is 0.443. The molecule has 2 N–H and O–H groups in total. The van der Waals surface area contributed by atoms with Crippen molar-refractivity contribution < 1.29 is 0 Å². The maximum atomic E-state index is 3.62. The number of hydrogen-bond donors (Lipinski definition) is 2. The van der Waals surface area contributed by atoms with E-state index < -0.39 is 0 Å². The first kappa shape index (κ1) is 12.2. The van der Waals surface area contributed by atoms with E-state index in [2.05, 4.69) is 34.9 Å². The first-order valence-electron chi connectivity index (χ1n) is 7.43. The lowest BCUT2D eigenvalue weighted by Gasteiger charge is -2.26. The fourth-order valence-electron chi connectivity index (χ4n) is 2.86. The van der Waals surface area contributed by atoms with Gasteiger partial charge in [0, 0.05) is 19.1 Å². The molecule has 2 nitrogen and oxygen atoms in total. The smallest absolute Gasteiger partial charge is 0.0236 e. The van der Waals surface area contributed by atoms with Crippen molar-refractivity contribution in [3.63, 3.8) is 0 Å². The third-order valence-electron chi connectivity index (χ3n) is 4.22. The van der Waals surface area contributed by atoms with Crippen molar-refractivity contribution >= 4 is 0 Å². The quantitative estimate of drug-likeness (QED) is 0.751. The normalized spacial score (nSPS) is 22.8. The van der Waals surface area contributed by atoms with Gasteiger partial charge in [-0.2, -0.15) is 0 Å². The molecular formula is C16H24N2. The van der Waals surface area contributed by atoms with Crippen molar-refractivity contribution in [3.8, 4) is 0 Å². The van der Waals surface area contributed by atoms with Gasteiger partial charge in [0.1, 0.15) is 0 Å². The second-order valence-corrected chi connectivity index (χ2v) is 5.84. The van der Waals surface area contributed by atoms with Crippen LogP contribution in [0.3, 0.4) is 0 Å². The van der Waals surface area contributed by atoms with Crippen molar-refractivity contribution in [3.05, 3.63) is 35.4 Å². The Morgan fingerprint density at radius 3 is 2.83 bits per heavy atom. The predicted molar refractivity (Wildman–Crippen MR) is 75.6 cm³/mol. The number of nitrogens with one attached hydrogen (secondary N) is 2. The van der Waals surface area contributed by atoms with E-state index in [4.69, 9.17) is 0 Å². The van der Waals surface area contributed by atoms with E-state index in [1.165, 1.54) is 49.8 Å². The molecule has 2 heteroatoms. The highest BCUT2D eigenvalue weighted by Gasteiger charge is 2.20. The summed E-state index contributed by atoms with van der Waals surface area (Å²) in [6, 6.07) is 9.42. The Balaban J connectivity index is 1.36. The summed E-state index contributed by atoms with van der Waals surface area (Å²) in [6.07, 6.45) is 6.94. The lowest BCUT2D eigenvalue weighted by atomic mass is 9.96. The molecule has 3 rings (SSSR count). The minimum absolute atomic E-state index is 0.612. The third-order valence-corrected chi connectivity index (χ3v) is 4.22. The predicted octanol–water partition coefficient (Wildman–Crippen LogP) is 2.48. The van der Waals surface area contributed by atoms with Crippen molar-refractivity contribution in [1.29, 1.82) is 0 Å². The molecule has 98 valence electrons. The van der Waals surface area contributed by atoms with Crippen molar-refractivity contribution in [1.82, 2.24) is 10.6 Å². The molecular weight excluding hydrogens is 220 g/mol. The van der Waals surface area contributed by atoms with Crippen LogP contribution >= 0.6 is 0 Å². The van der Waals surface area contributed by atoms with Crippen LogP contribution in [0.15, 0.2) is 24.3 Å². The van der Waals surface area contributed by atoms with E-state index in [1.54, 1.807) is 0 Å². The molecule has 0 radical (unpaired) electrons. The highest BCUT2D eigenvalue weighted by molar-refractivity contribution is 5.29. The fraction of sp³-hybridized carbons (Fsp3) is 0.625. The first-order chi connectivity index (χ1) is 8.92. The Kier molecular flexibility index (Phi) is 3.96. The number of rotatable bonds is 6. The van der Waals surface area contributed by atoms with Crippen LogP contribution in [-0.2, 0) is 13.0 Å². The number of fused-ring (bicyclic) bond motifs is 1. The summed E-state index contributed by atoms with van der Waals surface area (Å²) in [7, 11) is 0. The van der Waals surface area contributed by atoms with E-state index >= 15 is 0 Å². The monoisotopic (exact) mass is 244 g/mol. The molecule has 2 aliphatic rings. The summed E-state index contributed by atoms with van der Waals surface area (Å²) in [5.74, 6) is 1.08. The summed E-state index contributed by atoms with van der Waals surface area (Å²) < 4.78 is 0. The molecule has 0 saturated heterocycles. The van der Waals surface area contributed by atoms with Crippen molar-refractivity contribution in [2.24, 2.45) is 5.92 Å². The zero-order valence-corrected chi connectivity index (χ0v) is 11.1. The van der Waals surface area contributed by atoms with E-state index in [0.717, 1.165) is 19.0 Å². The summed E-state index contributed by atoms with van der Waals surface area (Å²) >= 11 is 0. The van der Waals surface area contributed by atoms with E-state index in [1.807, 2.05) is 0 Å². The van der Waals surface area contributed by atoms with Crippen molar-refractivity contribution in [2.45, 2.75) is 44.7 Å². The van der Waals surface area contributed by atoms with Gasteiger partial charge in [0.15, 0.2) is 0 Å². The second kappa shape index (κ2) is 5.85. The Hall–Kier alpha value is -0.860. The lowest BCUT2D eigenvalue weighted by Crippen LogP contribution is -2.43. The average Bonchev–Trinajstić information content (AvgIpc) is 3.22. The molecule has 1 aliphatic carbocycles. The highest BCUT2D eigenvalue weighted by atomic mass is 15.0. The van der Waals surface area contributed by atoms with E-state index in [-0.39, 0.29) is 0 Å². The molecule has 1 aromatic carbocycles. The van der Waals surface area contributed by atoms with Crippen LogP contribution in [0.25, 0.3) is 0 Å². The Morgan fingerprint density at radius 1 is 1.17 bits per heavy atom. The van der Waals surface area contributed by atoms with Crippen LogP contribution < -0.4 is 10.6 Å². The molecule has 0 amide bonds. The topological polar surface area (TPSA) is 24.1 Å². The van der Waals surface area contributed by atoms with Crippen LogP contribution in [0, 0.1) is 5.92 Å². The van der Waals surface area contributed by atoms with Gasteiger partial charge in [-0.15, -0.1) is 0 Å². The van der Waals surface area contributed by atoms with Crippen LogP contribution in [0.2, 0.25) is 0 Å². The van der Waals surface area contributed by atoms with E-state index in [9.17, 15) is 0 Å². The standard InChI is InChI=1S/C16H24N2/c1-2-6-15-11-18-16(10-14(15)5-1)12-17-9-3-4-13-7-8-13/h1-2,5-6,13,16-18H,3-4,7-12H2/t16-/m0/s1. The summed E-state index contributed by atoms with van der Waals surface area (Å²) in [5.41, 5.74) is 3.00. The number of hydrogen-bond acceptors (Lipinski definition) is 2. The Labute approximate surface area is 110 Å². The molecule has 1 aliphatic heterocycles. The molecule has 1 saturated carbocycles. The molecule has 1 fully saturated rings. The van der Waals surface area contributed by atoms with Gasteiger partial charge in [0.05, 0.1) is 0 Å². The molecule has 1 aromatic rings. The maximum Gasteiger partial charge on any atom is 0.0236 e. The molecule has 18 heavy (non-hydrogen) atoms. The molecule has 0 aromatic heterocycles. The Morgan fingerprint density at radius 2 is 2.00 bits per heavy atom. The van der Waals surface area contributed by atoms with Crippen LogP contribution in [0.4, 0.5) is 0 Å². The van der Waals surface area contributed by atoms with Crippen molar-refractivity contribution in [2.75, 3.05) is 13.1 Å². The molecule has 0 unspecified atom stereocenters. The molecule has 0 bridgehead atoms. The van der Waals surface area contributed by atoms with Crippen LogP contribution in [0.5, 0.6) is 0 Å². The van der Waals surface area contributed by atoms with Gasteiger partial charge in [0.25, 0.3) is 0 Å². The SMILES string of the molecule is c1ccc2c(c1)CN[C@H](CNCCCC1CC1)C2. The van der Waals surface area contributed by atoms with Gasteiger partial charge in [-0.05, 0) is 42.9 Å². The first-order valence-corrected chi connectivity index (χ1v) is 7.43. The largest absolute Gasteiger partial charge is 0.315 e. The van der Waals surface area contributed by atoms with Crippen LogP contribution in [-0.4, -0.2) is 19.1 Å². The average molecular weight is 244 g/mol. The van der Waals surface area contributed by atoms with Gasteiger partial charge >= 0.3 is 0 Å². The van der Waals surface area contributed by atoms with E-state index in [0.29, 0.717) is 6.04 Å². The number of benzene rings is 1. The van der Waals surface area contributed by atoms with Crippen LogP contribution in [0.1, 0.15) is 36.8 Å². The van der Waals surface area contributed by atoms with Gasteiger partial charge in [-0.25, -0.2) is 0 Å². The maximum absolute atomic E-state index is 3.62. The van der Waals surface area contributed by atoms with Gasteiger partial charge < -0.3 is 10.6 Å².